The molecule has 0 atom stereocenters. The van der Waals surface area contributed by atoms with Gasteiger partial charge in [-0.25, -0.2) is 4.39 Å². The maximum Gasteiger partial charge on any atom is 0.124 e. The highest BCUT2D eigenvalue weighted by molar-refractivity contribution is 6.31. The summed E-state index contributed by atoms with van der Waals surface area (Å²) < 4.78 is 13.1. The second-order valence-corrected chi connectivity index (χ2v) is 4.62. The minimum absolute atomic E-state index is 0.0954. The van der Waals surface area contributed by atoms with Gasteiger partial charge in [-0.2, -0.15) is 0 Å². The van der Waals surface area contributed by atoms with Crippen LogP contribution >= 0.6 is 11.6 Å². The lowest BCUT2D eigenvalue weighted by atomic mass is 10.00. The van der Waals surface area contributed by atoms with Gasteiger partial charge in [-0.3, -0.25) is 0 Å². The second-order valence-electron chi connectivity index (χ2n) is 4.21. The first kappa shape index (κ1) is 9.94. The number of benzene rings is 1. The van der Waals surface area contributed by atoms with E-state index in [4.69, 9.17) is 17.3 Å². The SMILES string of the molecule is Cc1c(Cl)cc(F)cc1CC1(N)CC1. The predicted molar refractivity (Wildman–Crippen MR) is 56.0 cm³/mol. The smallest absolute Gasteiger partial charge is 0.124 e. The lowest BCUT2D eigenvalue weighted by Crippen LogP contribution is -2.25. The van der Waals surface area contributed by atoms with Gasteiger partial charge in [-0.05, 0) is 49.4 Å². The molecule has 0 aromatic heterocycles. The predicted octanol–water partition coefficient (Wildman–Crippen LogP) is 2.82. The monoisotopic (exact) mass is 213 g/mol. The van der Waals surface area contributed by atoms with Crippen LogP contribution in [0.2, 0.25) is 5.02 Å². The minimum Gasteiger partial charge on any atom is -0.325 e. The average molecular weight is 214 g/mol. The van der Waals surface area contributed by atoms with Crippen LogP contribution in [-0.4, -0.2) is 5.54 Å². The van der Waals surface area contributed by atoms with Crippen LogP contribution in [-0.2, 0) is 6.42 Å². The van der Waals surface area contributed by atoms with Crippen molar-refractivity contribution in [3.05, 3.63) is 34.1 Å². The average Bonchev–Trinajstić information content (AvgIpc) is 2.79. The lowest BCUT2D eigenvalue weighted by Gasteiger charge is -2.12. The van der Waals surface area contributed by atoms with Gasteiger partial charge < -0.3 is 5.73 Å². The van der Waals surface area contributed by atoms with E-state index in [1.807, 2.05) is 6.92 Å². The number of hydrogen-bond donors (Lipinski definition) is 1. The Balaban J connectivity index is 2.32. The fraction of sp³-hybridized carbons (Fsp3) is 0.455. The molecule has 1 nitrogen and oxygen atoms in total. The number of nitrogens with two attached hydrogens (primary N) is 1. The van der Waals surface area contributed by atoms with Crippen LogP contribution in [0.15, 0.2) is 12.1 Å². The Morgan fingerprint density at radius 2 is 2.14 bits per heavy atom. The van der Waals surface area contributed by atoms with Gasteiger partial charge in [-0.15, -0.1) is 0 Å². The van der Waals surface area contributed by atoms with Crippen molar-refractivity contribution in [2.45, 2.75) is 31.7 Å². The van der Waals surface area contributed by atoms with Gasteiger partial charge in [0.25, 0.3) is 0 Å². The Bertz CT molecular complexity index is 372. The standard InChI is InChI=1S/C11H13ClFN/c1-7-8(6-11(14)2-3-11)4-9(13)5-10(7)12/h4-5H,2-3,6,14H2,1H3. The van der Waals surface area contributed by atoms with Crippen molar-refractivity contribution in [3.8, 4) is 0 Å². The van der Waals surface area contributed by atoms with Gasteiger partial charge in [-0.1, -0.05) is 11.6 Å². The molecule has 2 rings (SSSR count). The van der Waals surface area contributed by atoms with Gasteiger partial charge in [0.15, 0.2) is 0 Å². The van der Waals surface area contributed by atoms with E-state index in [1.165, 1.54) is 12.1 Å². The van der Waals surface area contributed by atoms with Crippen molar-refractivity contribution in [2.75, 3.05) is 0 Å². The Labute approximate surface area is 88.1 Å². The molecule has 0 radical (unpaired) electrons. The molecular formula is C11H13ClFN. The van der Waals surface area contributed by atoms with Gasteiger partial charge in [0, 0.05) is 10.6 Å². The molecule has 2 N–H and O–H groups in total. The van der Waals surface area contributed by atoms with E-state index in [-0.39, 0.29) is 11.4 Å². The summed E-state index contributed by atoms with van der Waals surface area (Å²) >= 11 is 5.89. The quantitative estimate of drug-likeness (QED) is 0.804. The largest absolute Gasteiger partial charge is 0.325 e. The molecular weight excluding hydrogens is 201 g/mol. The van der Waals surface area contributed by atoms with Crippen LogP contribution in [0.5, 0.6) is 0 Å². The van der Waals surface area contributed by atoms with Crippen LogP contribution in [0.3, 0.4) is 0 Å². The van der Waals surface area contributed by atoms with Crippen LogP contribution < -0.4 is 5.73 Å². The third-order valence-corrected chi connectivity index (χ3v) is 3.24. The second kappa shape index (κ2) is 3.21. The number of halogens is 2. The number of hydrogen-bond acceptors (Lipinski definition) is 1. The van der Waals surface area contributed by atoms with E-state index in [2.05, 4.69) is 0 Å². The zero-order valence-electron chi connectivity index (χ0n) is 8.11. The third kappa shape index (κ3) is 1.91. The summed E-state index contributed by atoms with van der Waals surface area (Å²) in [6.07, 6.45) is 2.79. The summed E-state index contributed by atoms with van der Waals surface area (Å²) in [4.78, 5) is 0. The molecule has 0 spiro atoms. The Morgan fingerprint density at radius 1 is 1.50 bits per heavy atom. The van der Waals surface area contributed by atoms with Crippen molar-refractivity contribution in [1.29, 1.82) is 0 Å². The van der Waals surface area contributed by atoms with Crippen LogP contribution in [0.4, 0.5) is 4.39 Å². The summed E-state index contributed by atoms with van der Waals surface area (Å²) in [5.74, 6) is -0.278. The van der Waals surface area contributed by atoms with Gasteiger partial charge >= 0.3 is 0 Å². The van der Waals surface area contributed by atoms with Gasteiger partial charge in [0.1, 0.15) is 5.82 Å². The summed E-state index contributed by atoms with van der Waals surface area (Å²) in [5, 5.41) is 0.490. The molecule has 1 aromatic carbocycles. The topological polar surface area (TPSA) is 26.0 Å². The molecule has 1 aliphatic rings. The molecule has 3 heteroatoms. The fourth-order valence-electron chi connectivity index (χ4n) is 1.60. The number of rotatable bonds is 2. The highest BCUT2D eigenvalue weighted by atomic mass is 35.5. The molecule has 1 fully saturated rings. The molecule has 0 saturated heterocycles. The molecule has 0 bridgehead atoms. The zero-order valence-corrected chi connectivity index (χ0v) is 8.87. The van der Waals surface area contributed by atoms with Crippen molar-refractivity contribution < 1.29 is 4.39 Å². The zero-order chi connectivity index (χ0) is 10.3. The fourth-order valence-corrected chi connectivity index (χ4v) is 1.82. The Kier molecular flexibility index (Phi) is 2.28. The van der Waals surface area contributed by atoms with E-state index in [0.29, 0.717) is 5.02 Å². The first-order valence-corrected chi connectivity index (χ1v) is 5.11. The molecule has 14 heavy (non-hydrogen) atoms. The summed E-state index contributed by atoms with van der Waals surface area (Å²) in [7, 11) is 0. The van der Waals surface area contributed by atoms with Crippen LogP contribution in [0.1, 0.15) is 24.0 Å². The van der Waals surface area contributed by atoms with E-state index in [1.54, 1.807) is 0 Å². The third-order valence-electron chi connectivity index (χ3n) is 2.85. The molecule has 0 aliphatic heterocycles. The Hall–Kier alpha value is -0.600. The van der Waals surface area contributed by atoms with Crippen molar-refractivity contribution in [2.24, 2.45) is 5.73 Å². The first-order chi connectivity index (χ1) is 6.50. The molecule has 1 saturated carbocycles. The van der Waals surface area contributed by atoms with E-state index in [0.717, 1.165) is 30.4 Å². The minimum atomic E-state index is -0.278. The normalized spacial score (nSPS) is 18.3. The van der Waals surface area contributed by atoms with E-state index >= 15 is 0 Å². The van der Waals surface area contributed by atoms with Gasteiger partial charge in [0.2, 0.25) is 0 Å². The summed E-state index contributed by atoms with van der Waals surface area (Å²) in [6.45, 7) is 1.91. The summed E-state index contributed by atoms with van der Waals surface area (Å²) in [5.41, 5.74) is 7.78. The highest BCUT2D eigenvalue weighted by Gasteiger charge is 2.38. The molecule has 0 unspecified atom stereocenters. The molecule has 0 amide bonds. The van der Waals surface area contributed by atoms with E-state index in [9.17, 15) is 4.39 Å². The van der Waals surface area contributed by atoms with Crippen molar-refractivity contribution >= 4 is 11.6 Å². The molecule has 76 valence electrons. The lowest BCUT2D eigenvalue weighted by molar-refractivity contribution is 0.616. The van der Waals surface area contributed by atoms with E-state index < -0.39 is 0 Å². The van der Waals surface area contributed by atoms with Crippen molar-refractivity contribution in [1.82, 2.24) is 0 Å². The van der Waals surface area contributed by atoms with Crippen molar-refractivity contribution in [3.63, 3.8) is 0 Å². The van der Waals surface area contributed by atoms with Gasteiger partial charge in [0.05, 0.1) is 0 Å². The molecule has 1 aromatic rings. The first-order valence-electron chi connectivity index (χ1n) is 4.74. The van der Waals surface area contributed by atoms with Crippen LogP contribution in [0.25, 0.3) is 0 Å². The van der Waals surface area contributed by atoms with Crippen LogP contribution in [0, 0.1) is 12.7 Å². The molecule has 1 aliphatic carbocycles. The highest BCUT2D eigenvalue weighted by Crippen LogP contribution is 2.37. The maximum atomic E-state index is 13.1. The Morgan fingerprint density at radius 3 is 2.71 bits per heavy atom. The summed E-state index contributed by atoms with van der Waals surface area (Å²) in [6, 6.07) is 2.88. The maximum absolute atomic E-state index is 13.1. The molecule has 0 heterocycles.